The van der Waals surface area contributed by atoms with Crippen LogP contribution in [0.25, 0.3) is 10.2 Å². The van der Waals surface area contributed by atoms with Gasteiger partial charge in [0.2, 0.25) is 5.91 Å². The first kappa shape index (κ1) is 19.8. The number of sulfonamides is 1. The number of hydrogen-bond acceptors (Lipinski definition) is 7. The smallest absolute Gasteiger partial charge is 0.283 e. The Kier molecular flexibility index (Phi) is 5.30. The highest BCUT2D eigenvalue weighted by Crippen LogP contribution is 2.31. The van der Waals surface area contributed by atoms with Gasteiger partial charge in [-0.1, -0.05) is 23.5 Å². The maximum absolute atomic E-state index is 12.6. The molecule has 10 heteroatoms. The lowest BCUT2D eigenvalue weighted by atomic mass is 9.97. The Labute approximate surface area is 173 Å². The van der Waals surface area contributed by atoms with Crippen molar-refractivity contribution in [1.29, 1.82) is 0 Å². The van der Waals surface area contributed by atoms with E-state index in [-0.39, 0.29) is 17.0 Å². The van der Waals surface area contributed by atoms with Crippen LogP contribution < -0.4 is 9.62 Å². The van der Waals surface area contributed by atoms with E-state index in [2.05, 4.69) is 19.7 Å². The zero-order chi connectivity index (χ0) is 20.6. The molecule has 1 saturated heterocycles. The number of rotatable bonds is 5. The van der Waals surface area contributed by atoms with Crippen molar-refractivity contribution in [3.63, 3.8) is 0 Å². The van der Waals surface area contributed by atoms with Crippen molar-refractivity contribution >= 4 is 42.6 Å². The lowest BCUT2D eigenvalue weighted by Gasteiger charge is -2.30. The van der Waals surface area contributed by atoms with E-state index in [1.54, 1.807) is 22.2 Å². The van der Waals surface area contributed by atoms with Crippen molar-refractivity contribution in [1.82, 2.24) is 19.5 Å². The second kappa shape index (κ2) is 7.75. The number of thiazole rings is 1. The van der Waals surface area contributed by atoms with Gasteiger partial charge in [-0.3, -0.25) is 9.48 Å². The van der Waals surface area contributed by atoms with Gasteiger partial charge in [0.15, 0.2) is 10.2 Å². The molecule has 1 N–H and O–H groups in total. The number of nitrogens with zero attached hydrogens (tertiary/aromatic N) is 4. The summed E-state index contributed by atoms with van der Waals surface area (Å²) in [6.45, 7) is 5.14. The number of benzene rings is 1. The van der Waals surface area contributed by atoms with Gasteiger partial charge >= 0.3 is 0 Å². The van der Waals surface area contributed by atoms with E-state index in [0.29, 0.717) is 25.9 Å². The van der Waals surface area contributed by atoms with Gasteiger partial charge in [-0.25, -0.2) is 9.71 Å². The van der Waals surface area contributed by atoms with Gasteiger partial charge in [-0.15, -0.1) is 0 Å². The van der Waals surface area contributed by atoms with Crippen molar-refractivity contribution in [2.75, 3.05) is 18.0 Å². The van der Waals surface area contributed by atoms with Crippen LogP contribution in [0.3, 0.4) is 0 Å². The molecule has 0 bridgehead atoms. The number of anilines is 1. The maximum Gasteiger partial charge on any atom is 0.283 e. The van der Waals surface area contributed by atoms with Crippen LogP contribution in [0.5, 0.6) is 0 Å². The van der Waals surface area contributed by atoms with Crippen LogP contribution in [0.15, 0.2) is 41.6 Å². The third-order valence-corrected chi connectivity index (χ3v) is 7.38. The molecule has 0 atom stereocenters. The summed E-state index contributed by atoms with van der Waals surface area (Å²) in [4.78, 5) is 19.4. The zero-order valence-corrected chi connectivity index (χ0v) is 17.9. The fourth-order valence-corrected chi connectivity index (χ4v) is 5.34. The lowest BCUT2D eigenvalue weighted by molar-refractivity contribution is -0.123. The number of aromatic nitrogens is 3. The SMILES string of the molecule is CC(C)n1ccc(S(=O)(=O)NC(=O)C2CCN(c3nc4ccccc4s3)CC2)n1. The van der Waals surface area contributed by atoms with E-state index in [1.165, 1.54) is 6.07 Å². The summed E-state index contributed by atoms with van der Waals surface area (Å²) in [7, 11) is -3.96. The van der Waals surface area contributed by atoms with E-state index in [0.717, 1.165) is 15.3 Å². The quantitative estimate of drug-likeness (QED) is 0.665. The molecule has 3 aromatic rings. The normalized spacial score (nSPS) is 15.9. The molecular weight excluding hydrogens is 410 g/mol. The molecule has 1 aliphatic heterocycles. The van der Waals surface area contributed by atoms with Gasteiger partial charge in [-0.2, -0.15) is 13.5 Å². The van der Waals surface area contributed by atoms with Gasteiger partial charge in [0.25, 0.3) is 10.0 Å². The second-order valence-electron chi connectivity index (χ2n) is 7.42. The largest absolute Gasteiger partial charge is 0.348 e. The minimum absolute atomic E-state index is 0.0430. The highest BCUT2D eigenvalue weighted by molar-refractivity contribution is 7.90. The Balaban J connectivity index is 1.38. The van der Waals surface area contributed by atoms with E-state index in [1.807, 2.05) is 38.1 Å². The average molecular weight is 434 g/mol. The molecule has 0 unspecified atom stereocenters. The number of hydrogen-bond donors (Lipinski definition) is 1. The molecule has 0 spiro atoms. The molecule has 0 saturated carbocycles. The number of para-hydroxylation sites is 1. The highest BCUT2D eigenvalue weighted by atomic mass is 32.2. The van der Waals surface area contributed by atoms with Crippen LogP contribution in [0.4, 0.5) is 5.13 Å². The molecule has 2 aromatic heterocycles. The molecule has 4 rings (SSSR count). The molecule has 1 aromatic carbocycles. The molecule has 0 radical (unpaired) electrons. The van der Waals surface area contributed by atoms with Gasteiger partial charge in [0, 0.05) is 31.2 Å². The minimum Gasteiger partial charge on any atom is -0.348 e. The van der Waals surface area contributed by atoms with Crippen molar-refractivity contribution in [2.24, 2.45) is 5.92 Å². The Morgan fingerprint density at radius 1 is 1.21 bits per heavy atom. The summed E-state index contributed by atoms with van der Waals surface area (Å²) in [5, 5.41) is 4.86. The first-order chi connectivity index (χ1) is 13.8. The van der Waals surface area contributed by atoms with Gasteiger partial charge in [-0.05, 0) is 44.9 Å². The summed E-state index contributed by atoms with van der Waals surface area (Å²) >= 11 is 1.63. The Bertz CT molecular complexity index is 1090. The molecule has 154 valence electrons. The molecular formula is C19H23N5O3S2. The lowest BCUT2D eigenvalue weighted by Crippen LogP contribution is -2.42. The van der Waals surface area contributed by atoms with Crippen LogP contribution in [0, 0.1) is 5.92 Å². The minimum atomic E-state index is -3.96. The van der Waals surface area contributed by atoms with Crippen molar-refractivity contribution in [3.05, 3.63) is 36.5 Å². The third kappa shape index (κ3) is 4.13. The fourth-order valence-electron chi connectivity index (χ4n) is 3.35. The zero-order valence-electron chi connectivity index (χ0n) is 16.3. The Hall–Kier alpha value is -2.46. The van der Waals surface area contributed by atoms with Crippen LogP contribution in [-0.4, -0.2) is 42.2 Å². The topological polar surface area (TPSA) is 97.2 Å². The predicted molar refractivity (Wildman–Crippen MR) is 112 cm³/mol. The van der Waals surface area contributed by atoms with Gasteiger partial charge in [0.05, 0.1) is 10.2 Å². The van der Waals surface area contributed by atoms with E-state index in [9.17, 15) is 13.2 Å². The van der Waals surface area contributed by atoms with Gasteiger partial charge in [0.1, 0.15) is 0 Å². The Morgan fingerprint density at radius 2 is 1.93 bits per heavy atom. The van der Waals surface area contributed by atoms with Crippen molar-refractivity contribution in [3.8, 4) is 0 Å². The van der Waals surface area contributed by atoms with Crippen LogP contribution >= 0.6 is 11.3 Å². The monoisotopic (exact) mass is 433 g/mol. The van der Waals surface area contributed by atoms with Gasteiger partial charge < -0.3 is 4.90 Å². The number of carbonyl (C=O) groups is 1. The Morgan fingerprint density at radius 3 is 2.59 bits per heavy atom. The van der Waals surface area contributed by atoms with Crippen molar-refractivity contribution in [2.45, 2.75) is 37.8 Å². The first-order valence-electron chi connectivity index (χ1n) is 9.56. The standard InChI is InChI=1S/C19H23N5O3S2/c1-13(2)24-12-9-17(21-24)29(26,27)22-18(25)14-7-10-23(11-8-14)19-20-15-5-3-4-6-16(15)28-19/h3-6,9,12-14H,7-8,10-11H2,1-2H3,(H,22,25). The summed E-state index contributed by atoms with van der Waals surface area (Å²) in [5.41, 5.74) is 0.972. The molecule has 0 aliphatic carbocycles. The van der Waals surface area contributed by atoms with E-state index in [4.69, 9.17) is 0 Å². The predicted octanol–water partition coefficient (Wildman–Crippen LogP) is 2.80. The van der Waals surface area contributed by atoms with E-state index < -0.39 is 15.9 Å². The highest BCUT2D eigenvalue weighted by Gasteiger charge is 2.30. The number of piperidine rings is 1. The third-order valence-electron chi connectivity index (χ3n) is 5.04. The molecule has 1 amide bonds. The average Bonchev–Trinajstić information content (AvgIpc) is 3.35. The maximum atomic E-state index is 12.6. The second-order valence-corrected chi connectivity index (χ2v) is 10.1. The number of amides is 1. The van der Waals surface area contributed by atoms with E-state index >= 15 is 0 Å². The summed E-state index contributed by atoms with van der Waals surface area (Å²) in [5.74, 6) is -0.810. The fraction of sp³-hybridized carbons (Fsp3) is 0.421. The van der Waals surface area contributed by atoms with Crippen LogP contribution in [-0.2, 0) is 14.8 Å². The number of fused-ring (bicyclic) bond motifs is 1. The molecule has 29 heavy (non-hydrogen) atoms. The first-order valence-corrected chi connectivity index (χ1v) is 11.9. The molecule has 1 aliphatic rings. The molecule has 8 nitrogen and oxygen atoms in total. The van der Waals surface area contributed by atoms with Crippen LogP contribution in [0.2, 0.25) is 0 Å². The van der Waals surface area contributed by atoms with Crippen LogP contribution in [0.1, 0.15) is 32.7 Å². The molecule has 3 heterocycles. The molecule has 1 fully saturated rings. The number of nitrogens with one attached hydrogen (secondary N) is 1. The summed E-state index contributed by atoms with van der Waals surface area (Å²) in [6.07, 6.45) is 2.76. The summed E-state index contributed by atoms with van der Waals surface area (Å²) in [6, 6.07) is 9.44. The van der Waals surface area contributed by atoms with Crippen molar-refractivity contribution < 1.29 is 13.2 Å². The number of carbonyl (C=O) groups excluding carboxylic acids is 1. The summed E-state index contributed by atoms with van der Waals surface area (Å²) < 4.78 is 29.8.